The van der Waals surface area contributed by atoms with Crippen molar-refractivity contribution in [2.75, 3.05) is 34.3 Å². The summed E-state index contributed by atoms with van der Waals surface area (Å²) in [4.78, 5) is 37.5. The topological polar surface area (TPSA) is 66.9 Å². The minimum atomic E-state index is -0.502. The van der Waals surface area contributed by atoms with Crippen LogP contribution in [0.15, 0.2) is 30.3 Å². The summed E-state index contributed by atoms with van der Waals surface area (Å²) < 4.78 is 4.48. The Kier molecular flexibility index (Phi) is 5.71. The van der Waals surface area contributed by atoms with Gasteiger partial charge in [0.15, 0.2) is 0 Å². The molecule has 108 valence electrons. The van der Waals surface area contributed by atoms with Crippen molar-refractivity contribution in [1.29, 1.82) is 0 Å². The van der Waals surface area contributed by atoms with Crippen LogP contribution in [0.5, 0.6) is 0 Å². The van der Waals surface area contributed by atoms with Crippen molar-refractivity contribution in [3.63, 3.8) is 0 Å². The Bertz CT molecular complexity index is 487. The van der Waals surface area contributed by atoms with Crippen LogP contribution in [-0.2, 0) is 14.3 Å². The van der Waals surface area contributed by atoms with Crippen molar-refractivity contribution >= 4 is 17.8 Å². The molecule has 20 heavy (non-hydrogen) atoms. The average Bonchev–Trinajstić information content (AvgIpc) is 2.46. The van der Waals surface area contributed by atoms with Crippen LogP contribution in [-0.4, -0.2) is 61.9 Å². The van der Waals surface area contributed by atoms with Gasteiger partial charge in [-0.3, -0.25) is 14.4 Å². The smallest absolute Gasteiger partial charge is 0.325 e. The Morgan fingerprint density at radius 1 is 1.00 bits per heavy atom. The lowest BCUT2D eigenvalue weighted by Crippen LogP contribution is -2.41. The minimum Gasteiger partial charge on any atom is -0.468 e. The Morgan fingerprint density at radius 2 is 1.60 bits per heavy atom. The quantitative estimate of drug-likeness (QED) is 0.731. The molecular formula is C14H18N2O4. The molecule has 0 aliphatic carbocycles. The monoisotopic (exact) mass is 278 g/mol. The number of amides is 2. The normalized spacial score (nSPS) is 9.75. The van der Waals surface area contributed by atoms with Gasteiger partial charge in [0.25, 0.3) is 5.91 Å². The first-order valence-electron chi connectivity index (χ1n) is 6.07. The summed E-state index contributed by atoms with van der Waals surface area (Å²) in [7, 11) is 4.28. The number of carbonyl (C=O) groups excluding carboxylic acids is 3. The van der Waals surface area contributed by atoms with Gasteiger partial charge in [-0.25, -0.2) is 0 Å². The van der Waals surface area contributed by atoms with Crippen LogP contribution in [0, 0.1) is 0 Å². The lowest BCUT2D eigenvalue weighted by molar-refractivity contribution is -0.146. The molecule has 1 rings (SSSR count). The summed E-state index contributed by atoms with van der Waals surface area (Å²) in [5.74, 6) is -1.08. The number of carbonyl (C=O) groups is 3. The zero-order chi connectivity index (χ0) is 15.1. The van der Waals surface area contributed by atoms with Gasteiger partial charge in [-0.2, -0.15) is 0 Å². The van der Waals surface area contributed by atoms with Gasteiger partial charge < -0.3 is 14.5 Å². The van der Waals surface area contributed by atoms with Crippen molar-refractivity contribution in [2.24, 2.45) is 0 Å². The van der Waals surface area contributed by atoms with Gasteiger partial charge in [0, 0.05) is 19.7 Å². The molecule has 0 unspecified atom stereocenters. The number of benzene rings is 1. The van der Waals surface area contributed by atoms with Crippen LogP contribution in [0.4, 0.5) is 0 Å². The molecule has 0 aromatic heterocycles. The van der Waals surface area contributed by atoms with Crippen LogP contribution in [0.25, 0.3) is 0 Å². The third-order valence-corrected chi connectivity index (χ3v) is 2.76. The number of ether oxygens (including phenoxy) is 1. The summed E-state index contributed by atoms with van der Waals surface area (Å²) >= 11 is 0. The lowest BCUT2D eigenvalue weighted by atomic mass is 10.2. The van der Waals surface area contributed by atoms with Gasteiger partial charge in [0.1, 0.15) is 6.54 Å². The summed E-state index contributed by atoms with van der Waals surface area (Å²) in [6.07, 6.45) is 0. The van der Waals surface area contributed by atoms with E-state index in [4.69, 9.17) is 0 Å². The average molecular weight is 278 g/mol. The number of nitrogens with zero attached hydrogens (tertiary/aromatic N) is 2. The van der Waals surface area contributed by atoms with Gasteiger partial charge in [-0.05, 0) is 12.1 Å². The minimum absolute atomic E-state index is 0.0960. The highest BCUT2D eigenvalue weighted by Crippen LogP contribution is 2.03. The highest BCUT2D eigenvalue weighted by molar-refractivity contribution is 5.96. The third-order valence-electron chi connectivity index (χ3n) is 2.76. The maximum Gasteiger partial charge on any atom is 0.325 e. The van der Waals surface area contributed by atoms with E-state index in [1.165, 1.54) is 24.0 Å². The van der Waals surface area contributed by atoms with Crippen LogP contribution < -0.4 is 0 Å². The highest BCUT2D eigenvalue weighted by atomic mass is 16.5. The zero-order valence-electron chi connectivity index (χ0n) is 11.8. The fourth-order valence-corrected chi connectivity index (χ4v) is 1.54. The Labute approximate surface area is 117 Å². The second kappa shape index (κ2) is 7.28. The Hall–Kier alpha value is -2.37. The first kappa shape index (κ1) is 15.7. The van der Waals surface area contributed by atoms with Crippen molar-refractivity contribution in [3.05, 3.63) is 35.9 Å². The molecule has 6 heteroatoms. The van der Waals surface area contributed by atoms with Gasteiger partial charge in [-0.15, -0.1) is 0 Å². The van der Waals surface area contributed by atoms with E-state index < -0.39 is 5.97 Å². The SMILES string of the molecule is COC(=O)CN(C)C(=O)CN(C)C(=O)c1ccccc1. The molecule has 1 aromatic rings. The lowest BCUT2D eigenvalue weighted by Gasteiger charge is -2.21. The molecule has 0 radical (unpaired) electrons. The number of likely N-dealkylation sites (N-methyl/N-ethyl adjacent to an activating group) is 2. The van der Waals surface area contributed by atoms with Crippen LogP contribution in [0.2, 0.25) is 0 Å². The van der Waals surface area contributed by atoms with Crippen molar-refractivity contribution in [3.8, 4) is 0 Å². The number of rotatable bonds is 5. The molecule has 2 amide bonds. The van der Waals surface area contributed by atoms with Crippen LogP contribution in [0.1, 0.15) is 10.4 Å². The molecule has 0 heterocycles. The molecule has 0 aliphatic heterocycles. The second-order valence-corrected chi connectivity index (χ2v) is 4.35. The third kappa shape index (κ3) is 4.38. The highest BCUT2D eigenvalue weighted by Gasteiger charge is 2.18. The van der Waals surface area contributed by atoms with Gasteiger partial charge >= 0.3 is 5.97 Å². The maximum atomic E-state index is 12.0. The summed E-state index contributed by atoms with van der Waals surface area (Å²) in [6.45, 7) is -0.232. The van der Waals surface area contributed by atoms with Gasteiger partial charge in [0.05, 0.1) is 13.7 Å². The largest absolute Gasteiger partial charge is 0.468 e. The molecule has 0 spiro atoms. The molecule has 0 bridgehead atoms. The number of hydrogen-bond acceptors (Lipinski definition) is 4. The van der Waals surface area contributed by atoms with E-state index >= 15 is 0 Å². The standard InChI is InChI=1S/C14H18N2O4/c1-15(10-13(18)20-3)12(17)9-16(2)14(19)11-7-5-4-6-8-11/h4-8H,9-10H2,1-3H3. The molecule has 1 aromatic carbocycles. The predicted octanol–water partition coefficient (Wildman–Crippen LogP) is 0.390. The molecule has 0 saturated heterocycles. The van der Waals surface area contributed by atoms with E-state index in [0.29, 0.717) is 5.56 Å². The van der Waals surface area contributed by atoms with Crippen LogP contribution in [0.3, 0.4) is 0 Å². The number of esters is 1. The Morgan fingerprint density at radius 3 is 2.15 bits per heavy atom. The first-order chi connectivity index (χ1) is 9.45. The van der Waals surface area contributed by atoms with E-state index in [2.05, 4.69) is 4.74 Å². The van der Waals surface area contributed by atoms with E-state index in [0.717, 1.165) is 0 Å². The predicted molar refractivity (Wildman–Crippen MR) is 73.1 cm³/mol. The molecule has 0 N–H and O–H groups in total. The van der Waals surface area contributed by atoms with Gasteiger partial charge in [-0.1, -0.05) is 18.2 Å². The number of hydrogen-bond donors (Lipinski definition) is 0. The molecular weight excluding hydrogens is 260 g/mol. The van der Waals surface area contributed by atoms with E-state index in [1.807, 2.05) is 6.07 Å². The fourth-order valence-electron chi connectivity index (χ4n) is 1.54. The van der Waals surface area contributed by atoms with Gasteiger partial charge in [0.2, 0.25) is 5.91 Å². The maximum absolute atomic E-state index is 12.0. The zero-order valence-corrected chi connectivity index (χ0v) is 11.8. The van der Waals surface area contributed by atoms with E-state index in [1.54, 1.807) is 31.3 Å². The first-order valence-corrected chi connectivity index (χ1v) is 6.07. The number of methoxy groups -OCH3 is 1. The Balaban J connectivity index is 2.57. The molecule has 0 atom stereocenters. The molecule has 0 fully saturated rings. The van der Waals surface area contributed by atoms with Crippen molar-refractivity contribution in [1.82, 2.24) is 9.80 Å². The van der Waals surface area contributed by atoms with E-state index in [-0.39, 0.29) is 24.9 Å². The van der Waals surface area contributed by atoms with Crippen LogP contribution >= 0.6 is 0 Å². The molecule has 6 nitrogen and oxygen atoms in total. The fraction of sp³-hybridized carbons (Fsp3) is 0.357. The summed E-state index contributed by atoms with van der Waals surface area (Å²) in [6, 6.07) is 8.69. The molecule has 0 saturated carbocycles. The van der Waals surface area contributed by atoms with E-state index in [9.17, 15) is 14.4 Å². The summed E-state index contributed by atoms with van der Waals surface area (Å²) in [5.41, 5.74) is 0.512. The van der Waals surface area contributed by atoms with Crippen molar-refractivity contribution < 1.29 is 19.1 Å². The van der Waals surface area contributed by atoms with Crippen molar-refractivity contribution in [2.45, 2.75) is 0 Å². The molecule has 0 aliphatic rings. The second-order valence-electron chi connectivity index (χ2n) is 4.35. The summed E-state index contributed by atoms with van der Waals surface area (Å²) in [5, 5.41) is 0.